The molecule has 14 heavy (non-hydrogen) atoms. The fourth-order valence-electron chi connectivity index (χ4n) is 1.02. The van der Waals surface area contributed by atoms with Crippen LogP contribution in [0.25, 0.3) is 0 Å². The average molecular weight is 324 g/mol. The fourth-order valence-corrected chi connectivity index (χ4v) is 2.31. The van der Waals surface area contributed by atoms with Crippen LogP contribution < -0.4 is 0 Å². The van der Waals surface area contributed by atoms with E-state index in [1.54, 1.807) is 19.1 Å². The molecule has 0 spiro atoms. The van der Waals surface area contributed by atoms with E-state index in [1.165, 1.54) is 0 Å². The van der Waals surface area contributed by atoms with Gasteiger partial charge in [-0.3, -0.25) is 4.79 Å². The fraction of sp³-hybridized carbons (Fsp3) is 0.222. The number of phenolic OH excluding ortho intramolecular Hbond substituents is 1. The van der Waals surface area contributed by atoms with E-state index in [0.29, 0.717) is 14.5 Å². The Morgan fingerprint density at radius 3 is 2.50 bits per heavy atom. The van der Waals surface area contributed by atoms with Crippen molar-refractivity contribution in [2.24, 2.45) is 0 Å². The molecular formula is C9H8Br2O3. The first-order valence-electron chi connectivity index (χ1n) is 3.84. The molecular weight excluding hydrogens is 316 g/mol. The highest BCUT2D eigenvalue weighted by molar-refractivity contribution is 9.11. The van der Waals surface area contributed by atoms with E-state index < -0.39 is 11.9 Å². The van der Waals surface area contributed by atoms with Crippen molar-refractivity contribution in [2.75, 3.05) is 0 Å². The number of aliphatic carboxylic acids is 1. The molecule has 0 saturated heterocycles. The first-order chi connectivity index (χ1) is 6.45. The molecule has 1 unspecified atom stereocenters. The van der Waals surface area contributed by atoms with Crippen LogP contribution in [0.3, 0.4) is 0 Å². The Hall–Kier alpha value is -0.550. The number of benzene rings is 1. The summed E-state index contributed by atoms with van der Waals surface area (Å²) < 4.78 is 0.951. The highest BCUT2D eigenvalue weighted by atomic mass is 79.9. The van der Waals surface area contributed by atoms with Gasteiger partial charge in [0.1, 0.15) is 5.75 Å². The van der Waals surface area contributed by atoms with E-state index in [1.807, 2.05) is 0 Å². The van der Waals surface area contributed by atoms with Crippen molar-refractivity contribution in [1.82, 2.24) is 0 Å². The molecule has 1 atom stereocenters. The van der Waals surface area contributed by atoms with Gasteiger partial charge in [0.25, 0.3) is 0 Å². The Kier molecular flexibility index (Phi) is 3.55. The molecule has 1 aromatic rings. The minimum Gasteiger partial charge on any atom is -0.506 e. The molecule has 1 aromatic carbocycles. The zero-order valence-electron chi connectivity index (χ0n) is 7.29. The number of halogens is 2. The molecule has 0 fully saturated rings. The van der Waals surface area contributed by atoms with Crippen LogP contribution in [0.4, 0.5) is 0 Å². The van der Waals surface area contributed by atoms with Gasteiger partial charge < -0.3 is 10.2 Å². The largest absolute Gasteiger partial charge is 0.506 e. The zero-order chi connectivity index (χ0) is 10.9. The van der Waals surface area contributed by atoms with Crippen LogP contribution in [0.5, 0.6) is 5.75 Å². The van der Waals surface area contributed by atoms with Gasteiger partial charge in [-0.05, 0) is 50.4 Å². The van der Waals surface area contributed by atoms with E-state index in [0.717, 1.165) is 0 Å². The summed E-state index contributed by atoms with van der Waals surface area (Å²) in [5.74, 6) is -1.55. The van der Waals surface area contributed by atoms with Crippen molar-refractivity contribution >= 4 is 37.8 Å². The molecule has 76 valence electrons. The summed E-state index contributed by atoms with van der Waals surface area (Å²) >= 11 is 6.30. The van der Waals surface area contributed by atoms with Gasteiger partial charge >= 0.3 is 5.97 Å². The van der Waals surface area contributed by atoms with Gasteiger partial charge in [0.15, 0.2) is 0 Å². The van der Waals surface area contributed by atoms with Crippen LogP contribution in [0.1, 0.15) is 18.4 Å². The molecule has 0 aromatic heterocycles. The molecule has 3 nitrogen and oxygen atoms in total. The molecule has 2 N–H and O–H groups in total. The molecule has 0 radical (unpaired) electrons. The van der Waals surface area contributed by atoms with Crippen LogP contribution in [0.2, 0.25) is 0 Å². The normalized spacial score (nSPS) is 12.5. The molecule has 1 rings (SSSR count). The van der Waals surface area contributed by atoms with E-state index in [4.69, 9.17) is 5.11 Å². The maximum atomic E-state index is 10.7. The summed E-state index contributed by atoms with van der Waals surface area (Å²) in [5, 5.41) is 18.3. The SMILES string of the molecule is CC(C(=O)O)c1ccc(Br)c(O)c1Br. The smallest absolute Gasteiger partial charge is 0.310 e. The number of aromatic hydroxyl groups is 1. The Bertz CT molecular complexity index is 377. The average Bonchev–Trinajstić information content (AvgIpc) is 2.13. The molecule has 0 aliphatic heterocycles. The van der Waals surface area contributed by atoms with Gasteiger partial charge in [-0.2, -0.15) is 0 Å². The number of carbonyl (C=O) groups is 1. The summed E-state index contributed by atoms with van der Waals surface area (Å²) in [7, 11) is 0. The van der Waals surface area contributed by atoms with E-state index in [2.05, 4.69) is 31.9 Å². The lowest BCUT2D eigenvalue weighted by Gasteiger charge is -2.11. The second-order valence-electron chi connectivity index (χ2n) is 2.86. The number of carboxylic acids is 1. The van der Waals surface area contributed by atoms with Gasteiger partial charge in [-0.15, -0.1) is 0 Å². The third kappa shape index (κ3) is 2.09. The summed E-state index contributed by atoms with van der Waals surface area (Å²) in [6.07, 6.45) is 0. The molecule has 0 saturated carbocycles. The summed E-state index contributed by atoms with van der Waals surface area (Å²) in [5.41, 5.74) is 0.554. The van der Waals surface area contributed by atoms with Crippen LogP contribution >= 0.6 is 31.9 Å². The molecule has 5 heteroatoms. The third-order valence-corrected chi connectivity index (χ3v) is 3.41. The van der Waals surface area contributed by atoms with Crippen LogP contribution in [-0.2, 0) is 4.79 Å². The first-order valence-corrected chi connectivity index (χ1v) is 5.43. The number of rotatable bonds is 2. The van der Waals surface area contributed by atoms with Gasteiger partial charge in [-0.25, -0.2) is 0 Å². The molecule has 0 aliphatic rings. The number of carboxylic acid groups (broad SMARTS) is 1. The second kappa shape index (κ2) is 4.31. The van der Waals surface area contributed by atoms with Crippen molar-refractivity contribution in [1.29, 1.82) is 0 Å². The van der Waals surface area contributed by atoms with Gasteiger partial charge in [0, 0.05) is 0 Å². The predicted octanol–water partition coefficient (Wildman–Crippen LogP) is 3.11. The minimum absolute atomic E-state index is 0.0237. The van der Waals surface area contributed by atoms with Gasteiger partial charge in [-0.1, -0.05) is 6.07 Å². The van der Waals surface area contributed by atoms with Crippen molar-refractivity contribution in [3.8, 4) is 5.75 Å². The first kappa shape index (κ1) is 11.5. The maximum Gasteiger partial charge on any atom is 0.310 e. The van der Waals surface area contributed by atoms with Crippen molar-refractivity contribution in [3.05, 3.63) is 26.6 Å². The molecule has 0 aliphatic carbocycles. The predicted molar refractivity (Wildman–Crippen MR) is 59.6 cm³/mol. The van der Waals surface area contributed by atoms with Crippen LogP contribution in [-0.4, -0.2) is 16.2 Å². The van der Waals surface area contributed by atoms with Crippen molar-refractivity contribution in [3.63, 3.8) is 0 Å². The summed E-state index contributed by atoms with van der Waals surface area (Å²) in [6, 6.07) is 3.28. The van der Waals surface area contributed by atoms with E-state index in [-0.39, 0.29) is 5.75 Å². The molecule has 0 bridgehead atoms. The topological polar surface area (TPSA) is 57.5 Å². The summed E-state index contributed by atoms with van der Waals surface area (Å²) in [6.45, 7) is 1.57. The Morgan fingerprint density at radius 1 is 1.43 bits per heavy atom. The van der Waals surface area contributed by atoms with Crippen molar-refractivity contribution < 1.29 is 15.0 Å². The van der Waals surface area contributed by atoms with Crippen LogP contribution in [0, 0.1) is 0 Å². The Morgan fingerprint density at radius 2 is 2.00 bits per heavy atom. The second-order valence-corrected chi connectivity index (χ2v) is 4.51. The third-order valence-electron chi connectivity index (χ3n) is 1.93. The van der Waals surface area contributed by atoms with Gasteiger partial charge in [0.05, 0.1) is 14.9 Å². The number of phenols is 1. The van der Waals surface area contributed by atoms with E-state index in [9.17, 15) is 9.90 Å². The lowest BCUT2D eigenvalue weighted by molar-refractivity contribution is -0.138. The quantitative estimate of drug-likeness (QED) is 0.879. The standard InChI is InChI=1S/C9H8Br2O3/c1-4(9(13)14)5-2-3-6(10)8(12)7(5)11/h2-4,12H,1H3,(H,13,14). The van der Waals surface area contributed by atoms with E-state index >= 15 is 0 Å². The monoisotopic (exact) mass is 322 g/mol. The summed E-state index contributed by atoms with van der Waals surface area (Å²) in [4.78, 5) is 10.7. The Balaban J connectivity index is 3.24. The van der Waals surface area contributed by atoms with Crippen LogP contribution in [0.15, 0.2) is 21.1 Å². The molecule has 0 amide bonds. The lowest BCUT2D eigenvalue weighted by Crippen LogP contribution is -2.08. The number of hydrogen-bond acceptors (Lipinski definition) is 2. The minimum atomic E-state index is -0.924. The lowest BCUT2D eigenvalue weighted by atomic mass is 10.0. The maximum absolute atomic E-state index is 10.7. The zero-order valence-corrected chi connectivity index (χ0v) is 10.5. The Labute approximate surface area is 98.0 Å². The van der Waals surface area contributed by atoms with Crippen molar-refractivity contribution in [2.45, 2.75) is 12.8 Å². The highest BCUT2D eigenvalue weighted by Crippen LogP contribution is 2.37. The highest BCUT2D eigenvalue weighted by Gasteiger charge is 2.19. The molecule has 0 heterocycles. The number of hydrogen-bond donors (Lipinski definition) is 2. The van der Waals surface area contributed by atoms with Gasteiger partial charge in [0.2, 0.25) is 0 Å².